The second-order valence-corrected chi connectivity index (χ2v) is 3.87. The van der Waals surface area contributed by atoms with Crippen LogP contribution in [-0.2, 0) is 0 Å². The Kier molecular flexibility index (Phi) is 2.84. The highest BCUT2D eigenvalue weighted by Crippen LogP contribution is 2.24. The predicted octanol–water partition coefficient (Wildman–Crippen LogP) is 1.32. The Balaban J connectivity index is 2.59. The van der Waals surface area contributed by atoms with Gasteiger partial charge in [-0.15, -0.1) is 0 Å². The monoisotopic (exact) mass is 172 g/mol. The van der Waals surface area contributed by atoms with Crippen LogP contribution in [0.1, 0.15) is 38.5 Å². The molecule has 0 aromatic heterocycles. The zero-order valence-corrected chi connectivity index (χ0v) is 7.62. The lowest BCUT2D eigenvalue weighted by Crippen LogP contribution is -2.50. The number of thiocarbonyl (C=S) groups is 1. The van der Waals surface area contributed by atoms with Crippen LogP contribution in [0.3, 0.4) is 0 Å². The van der Waals surface area contributed by atoms with Crippen LogP contribution >= 0.6 is 12.2 Å². The third-order valence-corrected chi connectivity index (χ3v) is 2.89. The molecular weight excluding hydrogens is 156 g/mol. The summed E-state index contributed by atoms with van der Waals surface area (Å²) < 4.78 is 0. The first-order valence-electron chi connectivity index (χ1n) is 4.24. The van der Waals surface area contributed by atoms with E-state index >= 15 is 0 Å². The average molecular weight is 172 g/mol. The van der Waals surface area contributed by atoms with E-state index in [0.29, 0.717) is 4.99 Å². The first kappa shape index (κ1) is 8.94. The Bertz CT molecular complexity index is 148. The van der Waals surface area contributed by atoms with Crippen LogP contribution in [0.25, 0.3) is 0 Å². The van der Waals surface area contributed by atoms with Crippen molar-refractivity contribution in [1.29, 1.82) is 0 Å². The lowest BCUT2D eigenvalue weighted by atomic mass is 9.92. The fraction of sp³-hybridized carbons (Fsp3) is 0.875. The quantitative estimate of drug-likeness (QED) is 0.463. The van der Waals surface area contributed by atoms with Crippen molar-refractivity contribution in [2.24, 2.45) is 11.5 Å². The van der Waals surface area contributed by atoms with Crippen LogP contribution < -0.4 is 11.5 Å². The van der Waals surface area contributed by atoms with Gasteiger partial charge in [-0.05, 0) is 12.8 Å². The summed E-state index contributed by atoms with van der Waals surface area (Å²) in [5.74, 6) is 0. The molecule has 1 aliphatic rings. The highest BCUT2D eigenvalue weighted by atomic mass is 32.1. The fourth-order valence-electron chi connectivity index (χ4n) is 1.61. The summed E-state index contributed by atoms with van der Waals surface area (Å²) >= 11 is 4.94. The van der Waals surface area contributed by atoms with E-state index in [9.17, 15) is 0 Å². The largest absolute Gasteiger partial charge is 0.392 e. The molecule has 64 valence electrons. The molecule has 3 heteroatoms. The second-order valence-electron chi connectivity index (χ2n) is 3.43. The van der Waals surface area contributed by atoms with Gasteiger partial charge in [0.1, 0.15) is 0 Å². The van der Waals surface area contributed by atoms with Gasteiger partial charge in [0, 0.05) is 0 Å². The normalized spacial score (nSPS) is 24.1. The maximum absolute atomic E-state index is 6.04. The fourth-order valence-corrected chi connectivity index (χ4v) is 1.81. The van der Waals surface area contributed by atoms with Crippen molar-refractivity contribution in [3.63, 3.8) is 0 Å². The van der Waals surface area contributed by atoms with Gasteiger partial charge in [0.2, 0.25) is 0 Å². The molecule has 0 atom stereocenters. The highest BCUT2D eigenvalue weighted by Gasteiger charge is 2.28. The zero-order valence-electron chi connectivity index (χ0n) is 6.81. The lowest BCUT2D eigenvalue weighted by Gasteiger charge is -2.26. The van der Waals surface area contributed by atoms with Crippen molar-refractivity contribution in [3.8, 4) is 0 Å². The van der Waals surface area contributed by atoms with Gasteiger partial charge in [-0.1, -0.05) is 37.9 Å². The second kappa shape index (κ2) is 3.50. The van der Waals surface area contributed by atoms with Gasteiger partial charge in [-0.25, -0.2) is 0 Å². The lowest BCUT2D eigenvalue weighted by molar-refractivity contribution is 0.494. The summed E-state index contributed by atoms with van der Waals surface area (Å²) in [4.78, 5) is 0.499. The van der Waals surface area contributed by atoms with Gasteiger partial charge in [0.05, 0.1) is 10.5 Å². The van der Waals surface area contributed by atoms with E-state index in [4.69, 9.17) is 23.7 Å². The molecule has 1 rings (SSSR count). The van der Waals surface area contributed by atoms with Gasteiger partial charge in [0.15, 0.2) is 0 Å². The molecule has 4 N–H and O–H groups in total. The first-order chi connectivity index (χ1) is 5.15. The molecule has 1 fully saturated rings. The molecule has 0 aliphatic heterocycles. The van der Waals surface area contributed by atoms with Crippen molar-refractivity contribution in [2.45, 2.75) is 44.1 Å². The van der Waals surface area contributed by atoms with E-state index in [0.717, 1.165) is 12.8 Å². The maximum Gasteiger partial charge on any atom is 0.0929 e. The Morgan fingerprint density at radius 3 is 1.91 bits per heavy atom. The minimum atomic E-state index is -0.328. The van der Waals surface area contributed by atoms with Gasteiger partial charge >= 0.3 is 0 Å². The SMILES string of the molecule is NC(=S)C1(N)CCCCCC1. The Morgan fingerprint density at radius 1 is 1.09 bits per heavy atom. The van der Waals surface area contributed by atoms with Crippen molar-refractivity contribution in [3.05, 3.63) is 0 Å². The third-order valence-electron chi connectivity index (χ3n) is 2.49. The van der Waals surface area contributed by atoms with E-state index in [-0.39, 0.29) is 5.54 Å². The van der Waals surface area contributed by atoms with Gasteiger partial charge < -0.3 is 11.5 Å². The summed E-state index contributed by atoms with van der Waals surface area (Å²) in [5, 5.41) is 0. The van der Waals surface area contributed by atoms with Gasteiger partial charge in [-0.2, -0.15) is 0 Å². The Labute approximate surface area is 73.3 Å². The molecule has 0 aromatic carbocycles. The maximum atomic E-state index is 6.04. The van der Waals surface area contributed by atoms with E-state index < -0.39 is 0 Å². The molecule has 0 spiro atoms. The van der Waals surface area contributed by atoms with E-state index in [2.05, 4.69) is 0 Å². The van der Waals surface area contributed by atoms with Crippen molar-refractivity contribution >= 4 is 17.2 Å². The van der Waals surface area contributed by atoms with E-state index in [1.165, 1.54) is 25.7 Å². The molecule has 2 nitrogen and oxygen atoms in total. The minimum Gasteiger partial charge on any atom is -0.392 e. The number of rotatable bonds is 1. The minimum absolute atomic E-state index is 0.328. The van der Waals surface area contributed by atoms with Crippen LogP contribution in [0.4, 0.5) is 0 Å². The standard InChI is InChI=1S/C8H16N2S/c9-7(11)8(10)5-3-1-2-4-6-8/h1-6,10H2,(H2,9,11). The molecule has 0 radical (unpaired) electrons. The van der Waals surface area contributed by atoms with Crippen molar-refractivity contribution in [2.75, 3.05) is 0 Å². The van der Waals surface area contributed by atoms with E-state index in [1.807, 2.05) is 0 Å². The molecule has 0 saturated heterocycles. The van der Waals surface area contributed by atoms with Gasteiger partial charge in [-0.3, -0.25) is 0 Å². The molecule has 11 heavy (non-hydrogen) atoms. The summed E-state index contributed by atoms with van der Waals surface area (Å²) in [6, 6.07) is 0. The molecule has 0 heterocycles. The van der Waals surface area contributed by atoms with Crippen LogP contribution in [-0.4, -0.2) is 10.5 Å². The molecule has 1 saturated carbocycles. The summed E-state index contributed by atoms with van der Waals surface area (Å²) in [7, 11) is 0. The first-order valence-corrected chi connectivity index (χ1v) is 4.65. The van der Waals surface area contributed by atoms with Crippen LogP contribution in [0, 0.1) is 0 Å². The third kappa shape index (κ3) is 2.14. The van der Waals surface area contributed by atoms with Crippen LogP contribution in [0.15, 0.2) is 0 Å². The number of nitrogens with two attached hydrogens (primary N) is 2. The molecule has 1 aliphatic carbocycles. The summed E-state index contributed by atoms with van der Waals surface area (Å²) in [5.41, 5.74) is 11.3. The average Bonchev–Trinajstić information content (AvgIpc) is 2.15. The predicted molar refractivity (Wildman–Crippen MR) is 51.4 cm³/mol. The Morgan fingerprint density at radius 2 is 1.55 bits per heavy atom. The summed E-state index contributed by atoms with van der Waals surface area (Å²) in [6.45, 7) is 0. The van der Waals surface area contributed by atoms with Crippen molar-refractivity contribution < 1.29 is 0 Å². The molecular formula is C8H16N2S. The Hall–Kier alpha value is -0.150. The number of hydrogen-bond acceptors (Lipinski definition) is 2. The summed E-state index contributed by atoms with van der Waals surface area (Å²) in [6.07, 6.45) is 6.86. The highest BCUT2D eigenvalue weighted by molar-refractivity contribution is 7.80. The number of hydrogen-bond donors (Lipinski definition) is 2. The van der Waals surface area contributed by atoms with Crippen molar-refractivity contribution in [1.82, 2.24) is 0 Å². The van der Waals surface area contributed by atoms with Gasteiger partial charge in [0.25, 0.3) is 0 Å². The smallest absolute Gasteiger partial charge is 0.0929 e. The molecule has 0 aromatic rings. The molecule has 0 unspecified atom stereocenters. The molecule has 0 bridgehead atoms. The van der Waals surface area contributed by atoms with E-state index in [1.54, 1.807) is 0 Å². The van der Waals surface area contributed by atoms with Crippen LogP contribution in [0.2, 0.25) is 0 Å². The topological polar surface area (TPSA) is 52.0 Å². The van der Waals surface area contributed by atoms with Crippen LogP contribution in [0.5, 0.6) is 0 Å². The molecule has 0 amide bonds. The zero-order chi connectivity index (χ0) is 8.32.